The molecule has 0 radical (unpaired) electrons. The second-order valence-corrected chi connectivity index (χ2v) is 2.82. The van der Waals surface area contributed by atoms with Crippen molar-refractivity contribution in [2.24, 2.45) is 9.98 Å². The van der Waals surface area contributed by atoms with Gasteiger partial charge in [0.05, 0.1) is 16.1 Å². The fourth-order valence-electron chi connectivity index (χ4n) is 0.306. The zero-order valence-electron chi connectivity index (χ0n) is 3.83. The van der Waals surface area contributed by atoms with Crippen LogP contribution in [0.5, 0.6) is 0 Å². The van der Waals surface area contributed by atoms with E-state index in [1.807, 2.05) is 0 Å². The summed E-state index contributed by atoms with van der Waals surface area (Å²) >= 11 is 6.42. The number of rotatable bonds is 0. The molecule has 0 aliphatic carbocycles. The predicted octanol–water partition coefficient (Wildman–Crippen LogP) is 1.35. The van der Waals surface area contributed by atoms with Crippen LogP contribution in [0, 0.1) is 0 Å². The van der Waals surface area contributed by atoms with E-state index < -0.39 is 0 Å². The first-order valence-electron chi connectivity index (χ1n) is 1.94. The summed E-state index contributed by atoms with van der Waals surface area (Å²) in [7, 11) is 0. The maximum absolute atomic E-state index is 3.88. The van der Waals surface area contributed by atoms with Gasteiger partial charge in [0, 0.05) is 0 Å². The van der Waals surface area contributed by atoms with Crippen molar-refractivity contribution >= 4 is 44.8 Å². The van der Waals surface area contributed by atoms with Gasteiger partial charge in [-0.25, -0.2) is 9.98 Å². The van der Waals surface area contributed by atoms with E-state index in [0.717, 1.165) is 0 Å². The van der Waals surface area contributed by atoms with E-state index in [1.165, 1.54) is 6.34 Å². The quantitative estimate of drug-likeness (QED) is 0.357. The number of hydrogen-bond donors (Lipinski definition) is 0. The fourth-order valence-corrected chi connectivity index (χ4v) is 0.729. The third-order valence-corrected chi connectivity index (χ3v) is 2.44. The Labute approximate surface area is 64.0 Å². The Morgan fingerprint density at radius 1 is 1.62 bits per heavy atom. The van der Waals surface area contributed by atoms with Crippen molar-refractivity contribution in [1.29, 1.82) is 0 Å². The molecule has 1 unspecified atom stereocenters. The summed E-state index contributed by atoms with van der Waals surface area (Å²) in [6, 6.07) is 0. The van der Waals surface area contributed by atoms with E-state index in [0.29, 0.717) is 0 Å². The van der Waals surface area contributed by atoms with Crippen molar-refractivity contribution in [3.8, 4) is 0 Å². The van der Waals surface area contributed by atoms with Crippen molar-refractivity contribution in [2.45, 2.75) is 5.08 Å². The van der Waals surface area contributed by atoms with Crippen molar-refractivity contribution in [3.63, 3.8) is 0 Å². The minimum Gasteiger partial charge on any atom is -0.265 e. The molecule has 3 nitrogen and oxygen atoms in total. The van der Waals surface area contributed by atoms with Crippen LogP contribution in [0.3, 0.4) is 0 Å². The molecule has 1 atom stereocenters. The van der Waals surface area contributed by atoms with Gasteiger partial charge in [0.1, 0.15) is 12.7 Å². The first-order valence-corrected chi connectivity index (χ1v) is 3.56. The van der Waals surface area contributed by atoms with Gasteiger partial charge in [0.15, 0.2) is 5.08 Å². The Morgan fingerprint density at radius 2 is 2.38 bits per heavy atom. The monoisotopic (exact) mass is 239 g/mol. The molecule has 0 saturated carbocycles. The Balaban J connectivity index is 2.59. The second kappa shape index (κ2) is 2.59. The van der Waals surface area contributed by atoms with E-state index in [4.69, 9.17) is 0 Å². The van der Waals surface area contributed by atoms with E-state index in [9.17, 15) is 0 Å². The molecule has 0 fully saturated rings. The van der Waals surface area contributed by atoms with E-state index in [2.05, 4.69) is 42.1 Å². The first-order chi connectivity index (χ1) is 3.80. The van der Waals surface area contributed by atoms with Crippen LogP contribution in [0.15, 0.2) is 9.98 Å². The number of aliphatic imine (C=N–C) groups is 2. The minimum atomic E-state index is -0.0139. The van der Waals surface area contributed by atoms with E-state index >= 15 is 0 Å². The molecule has 1 rings (SSSR count). The summed E-state index contributed by atoms with van der Waals surface area (Å²) < 4.78 is 1.67. The highest BCUT2D eigenvalue weighted by Crippen LogP contribution is 2.12. The van der Waals surface area contributed by atoms with Crippen molar-refractivity contribution in [3.05, 3.63) is 0 Å². The summed E-state index contributed by atoms with van der Waals surface area (Å²) in [6.07, 6.45) is 3.13. The summed E-state index contributed by atoms with van der Waals surface area (Å²) in [4.78, 5) is 7.62. The second-order valence-electron chi connectivity index (χ2n) is 1.18. The molecule has 0 aromatic rings. The molecular weight excluding hydrogens is 238 g/mol. The van der Waals surface area contributed by atoms with Crippen LogP contribution in [0.4, 0.5) is 0 Å². The largest absolute Gasteiger partial charge is 0.265 e. The van der Waals surface area contributed by atoms with Gasteiger partial charge in [-0.15, -0.1) is 0 Å². The van der Waals surface area contributed by atoms with Crippen LogP contribution in [0.25, 0.3) is 0 Å². The van der Waals surface area contributed by atoms with Crippen LogP contribution in [-0.4, -0.2) is 21.7 Å². The summed E-state index contributed by atoms with van der Waals surface area (Å²) in [5.41, 5.74) is 0. The zero-order chi connectivity index (χ0) is 5.98. The average Bonchev–Trinajstić information content (AvgIpc) is 1.77. The van der Waals surface area contributed by atoms with Crippen molar-refractivity contribution < 1.29 is 0 Å². The van der Waals surface area contributed by atoms with Crippen molar-refractivity contribution in [1.82, 2.24) is 3.93 Å². The van der Waals surface area contributed by atoms with Gasteiger partial charge in [0.25, 0.3) is 0 Å². The first kappa shape index (κ1) is 6.22. The molecule has 0 saturated heterocycles. The van der Waals surface area contributed by atoms with Gasteiger partial charge in [-0.1, -0.05) is 0 Å². The molecule has 0 aromatic carbocycles. The minimum absolute atomic E-state index is 0.0139. The lowest BCUT2D eigenvalue weighted by Crippen LogP contribution is -2.19. The number of hydrogen-bond acceptors (Lipinski definition) is 3. The molecule has 8 heavy (non-hydrogen) atoms. The molecule has 1 heterocycles. The molecule has 0 aromatic heterocycles. The predicted molar refractivity (Wildman–Crippen MR) is 40.5 cm³/mol. The van der Waals surface area contributed by atoms with Gasteiger partial charge >= 0.3 is 0 Å². The fraction of sp³-hybridized carbons (Fsp3) is 0.333. The molecular formula is C3H3Br2N3. The SMILES string of the molecule is BrC1N=CN=CN1Br. The number of alkyl halides is 1. The maximum atomic E-state index is 3.88. The lowest BCUT2D eigenvalue weighted by Gasteiger charge is -2.14. The lowest BCUT2D eigenvalue weighted by atomic mass is 10.9. The molecule has 0 bridgehead atoms. The van der Waals surface area contributed by atoms with Crippen LogP contribution in [0.2, 0.25) is 0 Å². The highest BCUT2D eigenvalue weighted by Gasteiger charge is 2.07. The molecule has 44 valence electrons. The van der Waals surface area contributed by atoms with E-state index in [1.54, 1.807) is 10.3 Å². The van der Waals surface area contributed by atoms with E-state index in [-0.39, 0.29) is 5.08 Å². The number of nitrogens with zero attached hydrogens (tertiary/aromatic N) is 3. The molecule has 0 amide bonds. The van der Waals surface area contributed by atoms with Crippen LogP contribution < -0.4 is 0 Å². The summed E-state index contributed by atoms with van der Waals surface area (Å²) in [5, 5.41) is -0.0139. The molecule has 1 aliphatic heterocycles. The summed E-state index contributed by atoms with van der Waals surface area (Å²) in [6.45, 7) is 0. The third-order valence-electron chi connectivity index (χ3n) is 0.637. The van der Waals surface area contributed by atoms with Gasteiger partial charge in [0.2, 0.25) is 0 Å². The van der Waals surface area contributed by atoms with Gasteiger partial charge in [-0.2, -0.15) is 0 Å². The standard InChI is InChI=1S/C3H3Br2N3/c4-3-7-1-6-2-8(3)5/h1-3H. The maximum Gasteiger partial charge on any atom is 0.189 e. The Kier molecular flexibility index (Phi) is 2.01. The molecule has 1 aliphatic rings. The normalized spacial score (nSPS) is 26.8. The zero-order valence-corrected chi connectivity index (χ0v) is 7.00. The van der Waals surface area contributed by atoms with Crippen LogP contribution in [0.1, 0.15) is 0 Å². The molecule has 5 heteroatoms. The smallest absolute Gasteiger partial charge is 0.189 e. The van der Waals surface area contributed by atoms with Crippen LogP contribution >= 0.6 is 32.1 Å². The van der Waals surface area contributed by atoms with Gasteiger partial charge in [-0.05, 0) is 15.9 Å². The highest BCUT2D eigenvalue weighted by molar-refractivity contribution is 9.11. The third kappa shape index (κ3) is 1.29. The van der Waals surface area contributed by atoms with Crippen LogP contribution in [-0.2, 0) is 0 Å². The Hall–Kier alpha value is 0.1000. The Morgan fingerprint density at radius 3 is 2.75 bits per heavy atom. The van der Waals surface area contributed by atoms with Gasteiger partial charge in [-0.3, -0.25) is 3.93 Å². The Bertz CT molecular complexity index is 116. The average molecular weight is 241 g/mol. The summed E-state index contributed by atoms with van der Waals surface area (Å²) in [5.74, 6) is 0. The molecule has 0 spiro atoms. The van der Waals surface area contributed by atoms with Crippen molar-refractivity contribution in [2.75, 3.05) is 0 Å². The topological polar surface area (TPSA) is 28.0 Å². The van der Waals surface area contributed by atoms with Gasteiger partial charge < -0.3 is 0 Å². The lowest BCUT2D eigenvalue weighted by molar-refractivity contribution is 0.684. The number of halogens is 2. The highest BCUT2D eigenvalue weighted by atomic mass is 79.9. The molecule has 0 N–H and O–H groups in total.